The van der Waals surface area contributed by atoms with E-state index in [1.54, 1.807) is 17.0 Å². The number of nitro benzene ring substituents is 1. The molecule has 2 fully saturated rings. The largest absolute Gasteiger partial charge is 0.378 e. The second-order valence-electron chi connectivity index (χ2n) is 7.27. The Morgan fingerprint density at radius 1 is 1.10 bits per heavy atom. The van der Waals surface area contributed by atoms with Gasteiger partial charge in [0.15, 0.2) is 0 Å². The first-order valence-electron chi connectivity index (χ1n) is 9.72. The van der Waals surface area contributed by atoms with Crippen molar-refractivity contribution in [1.82, 2.24) is 4.90 Å². The summed E-state index contributed by atoms with van der Waals surface area (Å²) in [5.74, 6) is -0.196. The lowest BCUT2D eigenvalue weighted by Gasteiger charge is -2.28. The molecule has 1 unspecified atom stereocenters. The molecule has 4 rings (SSSR count). The zero-order valence-electron chi connectivity index (χ0n) is 15.9. The summed E-state index contributed by atoms with van der Waals surface area (Å²) < 4.78 is 5.28. The number of carbonyl (C=O) groups is 1. The summed E-state index contributed by atoms with van der Waals surface area (Å²) in [5.41, 5.74) is 1.93. The molecule has 7 nitrogen and oxygen atoms in total. The fourth-order valence-corrected chi connectivity index (χ4v) is 4.21. The number of benzene rings is 2. The highest BCUT2D eigenvalue weighted by Crippen LogP contribution is 2.41. The zero-order valence-corrected chi connectivity index (χ0v) is 16.7. The Bertz CT molecular complexity index is 913. The molecule has 2 heterocycles. The molecule has 29 heavy (non-hydrogen) atoms. The molecule has 2 aromatic carbocycles. The number of amides is 1. The maximum absolute atomic E-state index is 12.7. The van der Waals surface area contributed by atoms with Gasteiger partial charge in [-0.25, -0.2) is 0 Å². The first kappa shape index (κ1) is 19.7. The number of halogens is 1. The lowest BCUT2D eigenvalue weighted by atomic mass is 10.0. The number of nitrogens with zero attached hydrogens (tertiary/aromatic N) is 3. The number of anilines is 1. The van der Waals surface area contributed by atoms with Gasteiger partial charge in [0.25, 0.3) is 11.6 Å². The number of morpholine rings is 1. The van der Waals surface area contributed by atoms with E-state index in [1.165, 1.54) is 6.07 Å². The van der Waals surface area contributed by atoms with Gasteiger partial charge in [0.2, 0.25) is 0 Å². The molecule has 0 spiro atoms. The molecule has 0 radical (unpaired) electrons. The van der Waals surface area contributed by atoms with Crippen molar-refractivity contribution >= 4 is 28.9 Å². The van der Waals surface area contributed by atoms with E-state index in [0.29, 0.717) is 42.6 Å². The van der Waals surface area contributed by atoms with Crippen molar-refractivity contribution in [3.8, 4) is 0 Å². The SMILES string of the molecule is O=C(c1ccc(N2CCCC2c2ccc(Cl)cc2)c([N+](=O)[O-])c1)N1CCOCC1. The highest BCUT2D eigenvalue weighted by molar-refractivity contribution is 6.30. The van der Waals surface area contributed by atoms with Gasteiger partial charge in [-0.15, -0.1) is 0 Å². The van der Waals surface area contributed by atoms with Crippen molar-refractivity contribution < 1.29 is 14.5 Å². The van der Waals surface area contributed by atoms with Crippen LogP contribution in [-0.4, -0.2) is 48.6 Å². The zero-order chi connectivity index (χ0) is 20.4. The third-order valence-electron chi connectivity index (χ3n) is 5.53. The Morgan fingerprint density at radius 2 is 1.83 bits per heavy atom. The van der Waals surface area contributed by atoms with Crippen molar-refractivity contribution in [3.05, 3.63) is 68.7 Å². The van der Waals surface area contributed by atoms with Gasteiger partial charge in [0.05, 0.1) is 24.2 Å². The molecule has 0 aliphatic carbocycles. The van der Waals surface area contributed by atoms with Crippen molar-refractivity contribution in [2.75, 3.05) is 37.7 Å². The molecular weight excluding hydrogens is 394 g/mol. The van der Waals surface area contributed by atoms with Crippen LogP contribution in [0.5, 0.6) is 0 Å². The van der Waals surface area contributed by atoms with Gasteiger partial charge in [0, 0.05) is 36.3 Å². The number of rotatable bonds is 4. The minimum Gasteiger partial charge on any atom is -0.378 e. The van der Waals surface area contributed by atoms with Crippen molar-refractivity contribution in [3.63, 3.8) is 0 Å². The lowest BCUT2D eigenvalue weighted by molar-refractivity contribution is -0.384. The van der Waals surface area contributed by atoms with E-state index in [9.17, 15) is 14.9 Å². The molecule has 0 N–H and O–H groups in total. The van der Waals surface area contributed by atoms with Crippen molar-refractivity contribution in [2.45, 2.75) is 18.9 Å². The average molecular weight is 416 g/mol. The summed E-state index contributed by atoms with van der Waals surface area (Å²) in [6, 6.07) is 12.5. The second kappa shape index (κ2) is 8.39. The molecular formula is C21H22ClN3O4. The van der Waals surface area contributed by atoms with Gasteiger partial charge in [-0.1, -0.05) is 23.7 Å². The van der Waals surface area contributed by atoms with Crippen molar-refractivity contribution in [2.24, 2.45) is 0 Å². The third-order valence-corrected chi connectivity index (χ3v) is 5.79. The normalized spacial score (nSPS) is 19.4. The van der Waals surface area contributed by atoms with Gasteiger partial charge >= 0.3 is 0 Å². The molecule has 2 aliphatic rings. The summed E-state index contributed by atoms with van der Waals surface area (Å²) in [5, 5.41) is 12.5. The highest BCUT2D eigenvalue weighted by atomic mass is 35.5. The molecule has 152 valence electrons. The van der Waals surface area contributed by atoms with Crippen LogP contribution in [0.1, 0.15) is 34.8 Å². The fourth-order valence-electron chi connectivity index (χ4n) is 4.08. The van der Waals surface area contributed by atoms with E-state index in [4.69, 9.17) is 16.3 Å². The highest BCUT2D eigenvalue weighted by Gasteiger charge is 2.32. The van der Waals surface area contributed by atoms with Gasteiger partial charge in [-0.05, 0) is 42.7 Å². The number of hydrogen-bond donors (Lipinski definition) is 0. The number of ether oxygens (including phenoxy) is 1. The van der Waals surface area contributed by atoms with E-state index in [0.717, 1.165) is 24.9 Å². The predicted octanol–water partition coefficient (Wildman–Crippen LogP) is 4.06. The van der Waals surface area contributed by atoms with E-state index >= 15 is 0 Å². The maximum Gasteiger partial charge on any atom is 0.293 e. The first-order chi connectivity index (χ1) is 14.0. The minimum absolute atomic E-state index is 0.0371. The Balaban J connectivity index is 1.65. The van der Waals surface area contributed by atoms with Crippen LogP contribution in [0, 0.1) is 10.1 Å². The molecule has 1 amide bonds. The minimum atomic E-state index is -0.400. The molecule has 0 aromatic heterocycles. The molecule has 1 atom stereocenters. The van der Waals surface area contributed by atoms with Crippen LogP contribution in [0.15, 0.2) is 42.5 Å². The van der Waals surface area contributed by atoms with E-state index in [1.807, 2.05) is 24.3 Å². The third kappa shape index (κ3) is 4.06. The van der Waals surface area contributed by atoms with Crippen LogP contribution in [0.4, 0.5) is 11.4 Å². The molecule has 2 saturated heterocycles. The van der Waals surface area contributed by atoms with Crippen LogP contribution < -0.4 is 4.90 Å². The Labute approximate surface area is 174 Å². The summed E-state index contributed by atoms with van der Waals surface area (Å²) in [7, 11) is 0. The Morgan fingerprint density at radius 3 is 2.52 bits per heavy atom. The van der Waals surface area contributed by atoms with Crippen molar-refractivity contribution in [1.29, 1.82) is 0 Å². The van der Waals surface area contributed by atoms with Gasteiger partial charge in [-0.3, -0.25) is 14.9 Å². The topological polar surface area (TPSA) is 75.9 Å². The second-order valence-corrected chi connectivity index (χ2v) is 7.70. The summed E-state index contributed by atoms with van der Waals surface area (Å²) >= 11 is 6.00. The van der Waals surface area contributed by atoms with Crippen LogP contribution in [-0.2, 0) is 4.74 Å². The van der Waals surface area contributed by atoms with E-state index in [2.05, 4.69) is 4.90 Å². The molecule has 0 saturated carbocycles. The van der Waals surface area contributed by atoms with Crippen LogP contribution in [0.25, 0.3) is 0 Å². The van der Waals surface area contributed by atoms with E-state index in [-0.39, 0.29) is 17.6 Å². The molecule has 2 aliphatic heterocycles. The summed E-state index contributed by atoms with van der Waals surface area (Å²) in [6.07, 6.45) is 1.85. The Kier molecular flexibility index (Phi) is 5.69. The Hall–Kier alpha value is -2.64. The predicted molar refractivity (Wildman–Crippen MR) is 111 cm³/mol. The van der Waals surface area contributed by atoms with E-state index < -0.39 is 4.92 Å². The number of carbonyl (C=O) groups excluding carboxylic acids is 1. The summed E-state index contributed by atoms with van der Waals surface area (Å²) in [6.45, 7) is 2.70. The summed E-state index contributed by atoms with van der Waals surface area (Å²) in [4.78, 5) is 27.9. The lowest BCUT2D eigenvalue weighted by Crippen LogP contribution is -2.40. The van der Waals surface area contributed by atoms with Gasteiger partial charge in [0.1, 0.15) is 5.69 Å². The maximum atomic E-state index is 12.7. The molecule has 2 aromatic rings. The number of hydrogen-bond acceptors (Lipinski definition) is 5. The smallest absolute Gasteiger partial charge is 0.293 e. The first-order valence-corrected chi connectivity index (χ1v) is 10.1. The van der Waals surface area contributed by atoms with Gasteiger partial charge < -0.3 is 14.5 Å². The average Bonchev–Trinajstić information content (AvgIpc) is 3.23. The standard InChI is InChI=1S/C21H22ClN3O4/c22-17-6-3-15(4-7-17)18-2-1-9-24(18)19-8-5-16(14-20(19)25(27)28)21(26)23-10-12-29-13-11-23/h3-8,14,18H,1-2,9-13H2. The van der Waals surface area contributed by atoms with Gasteiger partial charge in [-0.2, -0.15) is 0 Å². The monoisotopic (exact) mass is 415 g/mol. The quantitative estimate of drug-likeness (QED) is 0.556. The molecule has 0 bridgehead atoms. The van der Waals surface area contributed by atoms with Crippen LogP contribution in [0.2, 0.25) is 5.02 Å². The molecule has 8 heteroatoms. The number of nitro groups is 1. The van der Waals surface area contributed by atoms with Crippen LogP contribution in [0.3, 0.4) is 0 Å². The fraction of sp³-hybridized carbons (Fsp3) is 0.381. The van der Waals surface area contributed by atoms with Crippen LogP contribution >= 0.6 is 11.6 Å².